The third-order valence-electron chi connectivity index (χ3n) is 8.13. The van der Waals surface area contributed by atoms with Crippen LogP contribution >= 0.6 is 0 Å². The van der Waals surface area contributed by atoms with Gasteiger partial charge in [0.1, 0.15) is 0 Å². The van der Waals surface area contributed by atoms with Gasteiger partial charge in [-0.1, -0.05) is 55.0 Å². The molecule has 1 heterocycles. The number of amides is 3. The van der Waals surface area contributed by atoms with Crippen molar-refractivity contribution in [2.75, 3.05) is 39.8 Å². The minimum Gasteiger partial charge on any atom is -0.466 e. The number of methoxy groups -OCH3 is 1. The number of ether oxygens (including phenoxy) is 1. The van der Waals surface area contributed by atoms with Crippen molar-refractivity contribution in [2.45, 2.75) is 51.1 Å². The van der Waals surface area contributed by atoms with Gasteiger partial charge in [-0.2, -0.15) is 0 Å². The molecule has 0 aromatic heterocycles. The standard InChI is InChI=1S/C31H40N4O5/c1-22(26-13-6-9-23-8-3-4-12-27(23)26)34-18-15-25(16-19-34)35(31(39)24-10-5-11-24)21-29(37)33-20-28(36)32-17-7-14-30(38)40-2/h3-4,6-9,12-14,22,24-25H,5,10-11,15-21H2,1-2H3,(H,32,36)(H,33,37)/b14-7+/t22-/m1/s1. The summed E-state index contributed by atoms with van der Waals surface area (Å²) in [6.07, 6.45) is 7.07. The monoisotopic (exact) mass is 548 g/mol. The van der Waals surface area contributed by atoms with E-state index in [1.54, 1.807) is 4.90 Å². The minimum atomic E-state index is -0.507. The largest absolute Gasteiger partial charge is 0.466 e. The molecule has 2 aliphatic rings. The number of esters is 1. The third kappa shape index (κ3) is 7.47. The van der Waals surface area contributed by atoms with Crippen molar-refractivity contribution in [2.24, 2.45) is 5.92 Å². The number of rotatable bonds is 11. The second-order valence-electron chi connectivity index (χ2n) is 10.6. The van der Waals surface area contributed by atoms with Gasteiger partial charge in [-0.25, -0.2) is 4.79 Å². The molecule has 3 amide bonds. The van der Waals surface area contributed by atoms with Crippen molar-refractivity contribution in [3.8, 4) is 0 Å². The van der Waals surface area contributed by atoms with Crippen molar-refractivity contribution < 1.29 is 23.9 Å². The van der Waals surface area contributed by atoms with Crippen LogP contribution in [0.25, 0.3) is 10.8 Å². The molecule has 1 aliphatic carbocycles. The Bertz CT molecular complexity index is 1230. The van der Waals surface area contributed by atoms with E-state index in [4.69, 9.17) is 0 Å². The highest BCUT2D eigenvalue weighted by Crippen LogP contribution is 2.33. The van der Waals surface area contributed by atoms with Crippen molar-refractivity contribution in [1.29, 1.82) is 0 Å². The molecule has 2 aromatic rings. The summed E-state index contributed by atoms with van der Waals surface area (Å²) < 4.78 is 4.49. The number of carbonyl (C=O) groups is 4. The zero-order chi connectivity index (χ0) is 28.5. The van der Waals surface area contributed by atoms with Crippen molar-refractivity contribution in [3.63, 3.8) is 0 Å². The van der Waals surface area contributed by atoms with E-state index in [1.807, 2.05) is 0 Å². The summed E-state index contributed by atoms with van der Waals surface area (Å²) in [5, 5.41) is 7.73. The van der Waals surface area contributed by atoms with E-state index in [1.165, 1.54) is 35.6 Å². The molecule has 1 aliphatic heterocycles. The SMILES string of the molecule is COC(=O)/C=C/CNC(=O)CNC(=O)CN(C(=O)C1CCC1)C1CCN([C@H](C)c2cccc3ccccc23)CC1. The number of benzene rings is 2. The number of hydrogen-bond donors (Lipinski definition) is 2. The molecule has 2 fully saturated rings. The van der Waals surface area contributed by atoms with E-state index in [-0.39, 0.29) is 55.4 Å². The van der Waals surface area contributed by atoms with Gasteiger partial charge < -0.3 is 20.3 Å². The minimum absolute atomic E-state index is 0.00731. The van der Waals surface area contributed by atoms with Gasteiger partial charge in [0, 0.05) is 43.7 Å². The van der Waals surface area contributed by atoms with Crippen molar-refractivity contribution in [3.05, 3.63) is 60.2 Å². The fourth-order valence-corrected chi connectivity index (χ4v) is 5.52. The molecule has 4 rings (SSSR count). The Hall–Kier alpha value is -3.72. The van der Waals surface area contributed by atoms with E-state index in [2.05, 4.69) is 69.7 Å². The number of likely N-dealkylation sites (tertiary alicyclic amines) is 1. The summed E-state index contributed by atoms with van der Waals surface area (Å²) in [6, 6.07) is 15.1. The molecule has 0 unspecified atom stereocenters. The Kier molecular flexibility index (Phi) is 10.3. The second-order valence-corrected chi connectivity index (χ2v) is 10.6. The highest BCUT2D eigenvalue weighted by Gasteiger charge is 2.36. The predicted molar refractivity (Wildman–Crippen MR) is 153 cm³/mol. The van der Waals surface area contributed by atoms with E-state index in [9.17, 15) is 19.2 Å². The molecule has 1 atom stereocenters. The van der Waals surface area contributed by atoms with Crippen LogP contribution in [0.2, 0.25) is 0 Å². The van der Waals surface area contributed by atoms with Crippen LogP contribution in [0, 0.1) is 5.92 Å². The maximum atomic E-state index is 13.3. The maximum Gasteiger partial charge on any atom is 0.330 e. The van der Waals surface area contributed by atoms with Crippen LogP contribution in [0.15, 0.2) is 54.6 Å². The number of nitrogens with zero attached hydrogens (tertiary/aromatic N) is 2. The smallest absolute Gasteiger partial charge is 0.330 e. The first-order valence-corrected chi connectivity index (χ1v) is 14.2. The predicted octanol–water partition coefficient (Wildman–Crippen LogP) is 2.96. The summed E-state index contributed by atoms with van der Waals surface area (Å²) >= 11 is 0. The van der Waals surface area contributed by atoms with Gasteiger partial charge in [0.05, 0.1) is 20.2 Å². The van der Waals surface area contributed by atoms with Crippen LogP contribution in [0.4, 0.5) is 0 Å². The third-order valence-corrected chi connectivity index (χ3v) is 8.13. The molecule has 214 valence electrons. The summed E-state index contributed by atoms with van der Waals surface area (Å²) in [5.41, 5.74) is 1.30. The first-order valence-electron chi connectivity index (χ1n) is 14.2. The number of nitrogens with one attached hydrogen (secondary N) is 2. The topological polar surface area (TPSA) is 108 Å². The van der Waals surface area contributed by atoms with Gasteiger partial charge in [0.15, 0.2) is 0 Å². The maximum absolute atomic E-state index is 13.3. The van der Waals surface area contributed by atoms with Crippen LogP contribution in [-0.2, 0) is 23.9 Å². The molecule has 40 heavy (non-hydrogen) atoms. The van der Waals surface area contributed by atoms with Crippen LogP contribution in [0.1, 0.15) is 50.6 Å². The van der Waals surface area contributed by atoms with Gasteiger partial charge in [0.2, 0.25) is 17.7 Å². The molecule has 0 bridgehead atoms. The molecule has 9 heteroatoms. The first-order chi connectivity index (χ1) is 19.4. The van der Waals surface area contributed by atoms with Crippen LogP contribution < -0.4 is 10.6 Å². The average Bonchev–Trinajstić information content (AvgIpc) is 2.95. The highest BCUT2D eigenvalue weighted by molar-refractivity contribution is 5.89. The quantitative estimate of drug-likeness (QED) is 0.330. The molecule has 0 radical (unpaired) electrons. The van der Waals surface area contributed by atoms with E-state index < -0.39 is 5.97 Å². The molecule has 1 saturated carbocycles. The lowest BCUT2D eigenvalue weighted by atomic mass is 9.83. The fraction of sp³-hybridized carbons (Fsp3) is 0.484. The lowest BCUT2D eigenvalue weighted by molar-refractivity contribution is -0.145. The van der Waals surface area contributed by atoms with Crippen LogP contribution in [0.3, 0.4) is 0 Å². The van der Waals surface area contributed by atoms with Crippen molar-refractivity contribution >= 4 is 34.5 Å². The first kappa shape index (κ1) is 29.3. The average molecular weight is 549 g/mol. The number of piperidine rings is 1. The summed E-state index contributed by atoms with van der Waals surface area (Å²) in [4.78, 5) is 53.5. The second kappa shape index (κ2) is 14.1. The lowest BCUT2D eigenvalue weighted by Gasteiger charge is -2.42. The van der Waals surface area contributed by atoms with Gasteiger partial charge in [0.25, 0.3) is 0 Å². The normalized spacial score (nSPS) is 17.2. The fourth-order valence-electron chi connectivity index (χ4n) is 5.52. The summed E-state index contributed by atoms with van der Waals surface area (Å²) in [6.45, 7) is 3.82. The molecular weight excluding hydrogens is 508 g/mol. The zero-order valence-electron chi connectivity index (χ0n) is 23.4. The zero-order valence-corrected chi connectivity index (χ0v) is 23.4. The lowest BCUT2D eigenvalue weighted by Crippen LogP contribution is -2.53. The summed E-state index contributed by atoms with van der Waals surface area (Å²) in [5.74, 6) is -1.19. The van der Waals surface area contributed by atoms with Crippen molar-refractivity contribution in [1.82, 2.24) is 20.4 Å². The van der Waals surface area contributed by atoms with Crippen LogP contribution in [-0.4, -0.2) is 79.4 Å². The van der Waals surface area contributed by atoms with Gasteiger partial charge in [-0.3, -0.25) is 19.3 Å². The van der Waals surface area contributed by atoms with E-state index in [0.717, 1.165) is 45.2 Å². The number of carbonyl (C=O) groups excluding carboxylic acids is 4. The Morgan fingerprint density at radius 1 is 1.00 bits per heavy atom. The Labute approximate surface area is 235 Å². The molecular formula is C31H40N4O5. The molecule has 9 nitrogen and oxygen atoms in total. The number of fused-ring (bicyclic) bond motifs is 1. The highest BCUT2D eigenvalue weighted by atomic mass is 16.5. The molecule has 2 N–H and O–H groups in total. The van der Waals surface area contributed by atoms with Gasteiger partial charge >= 0.3 is 5.97 Å². The Morgan fingerprint density at radius 3 is 2.42 bits per heavy atom. The Balaban J connectivity index is 1.31. The van der Waals surface area contributed by atoms with E-state index >= 15 is 0 Å². The molecule has 0 spiro atoms. The molecule has 1 saturated heterocycles. The Morgan fingerprint density at radius 2 is 1.73 bits per heavy atom. The van der Waals surface area contributed by atoms with Gasteiger partial charge in [-0.05, 0) is 48.9 Å². The van der Waals surface area contributed by atoms with Crippen LogP contribution in [0.5, 0.6) is 0 Å². The van der Waals surface area contributed by atoms with E-state index in [0.29, 0.717) is 0 Å². The number of hydrogen-bond acceptors (Lipinski definition) is 6. The summed E-state index contributed by atoms with van der Waals surface area (Å²) in [7, 11) is 1.27. The van der Waals surface area contributed by atoms with Gasteiger partial charge in [-0.15, -0.1) is 0 Å². The molecule has 2 aromatic carbocycles.